The number of hydrogen-bond acceptors (Lipinski definition) is 2. The smallest absolute Gasteiger partial charge is 0.229 e. The second-order valence-corrected chi connectivity index (χ2v) is 5.46. The second kappa shape index (κ2) is 6.27. The normalized spacial score (nSPS) is 15.3. The summed E-state index contributed by atoms with van der Waals surface area (Å²) < 4.78 is 0. The van der Waals surface area contributed by atoms with Crippen LogP contribution in [0, 0.1) is 0 Å². The molecule has 0 unspecified atom stereocenters. The molecule has 0 N–H and O–H groups in total. The maximum absolute atomic E-state index is 12.3. The van der Waals surface area contributed by atoms with E-state index in [-0.39, 0.29) is 24.3 Å². The van der Waals surface area contributed by atoms with Crippen LogP contribution in [0.4, 0.5) is 11.4 Å². The molecule has 0 fully saturated rings. The van der Waals surface area contributed by atoms with Crippen molar-refractivity contribution >= 4 is 34.8 Å². The summed E-state index contributed by atoms with van der Waals surface area (Å²) in [4.78, 5) is 28.0. The molecule has 0 aliphatic carbocycles. The molecule has 4 nitrogen and oxygen atoms in total. The predicted molar refractivity (Wildman–Crippen MR) is 81.4 cm³/mol. The van der Waals surface area contributed by atoms with Gasteiger partial charge in [0.25, 0.3) is 0 Å². The van der Waals surface area contributed by atoms with Crippen molar-refractivity contribution in [2.24, 2.45) is 0 Å². The molecule has 0 aromatic heterocycles. The van der Waals surface area contributed by atoms with E-state index in [1.807, 2.05) is 38.1 Å². The molecule has 0 atom stereocenters. The summed E-state index contributed by atoms with van der Waals surface area (Å²) in [6.07, 6.45) is 0.618. The Kier molecular flexibility index (Phi) is 4.65. The highest BCUT2D eigenvalue weighted by molar-refractivity contribution is 6.19. The molecule has 1 aromatic rings. The largest absolute Gasteiger partial charge is 0.310 e. The molecule has 1 aliphatic rings. The van der Waals surface area contributed by atoms with Gasteiger partial charge in [-0.15, -0.1) is 11.6 Å². The molecule has 2 rings (SSSR count). The molecule has 0 spiro atoms. The van der Waals surface area contributed by atoms with Crippen molar-refractivity contribution in [3.05, 3.63) is 24.3 Å². The highest BCUT2D eigenvalue weighted by Gasteiger charge is 2.29. The lowest BCUT2D eigenvalue weighted by molar-refractivity contribution is -0.119. The van der Waals surface area contributed by atoms with Crippen LogP contribution in [0.3, 0.4) is 0 Å². The summed E-state index contributed by atoms with van der Waals surface area (Å²) in [5.74, 6) is 0.304. The third-order valence-electron chi connectivity index (χ3n) is 3.38. The first-order chi connectivity index (χ1) is 9.56. The Balaban J connectivity index is 2.47. The quantitative estimate of drug-likeness (QED) is 0.804. The van der Waals surface area contributed by atoms with Gasteiger partial charge < -0.3 is 9.80 Å². The Bertz CT molecular complexity index is 516. The van der Waals surface area contributed by atoms with Crippen molar-refractivity contribution in [3.8, 4) is 0 Å². The van der Waals surface area contributed by atoms with Gasteiger partial charge in [-0.2, -0.15) is 0 Å². The first-order valence-corrected chi connectivity index (χ1v) is 7.37. The van der Waals surface area contributed by atoms with Crippen LogP contribution in [0.15, 0.2) is 24.3 Å². The van der Waals surface area contributed by atoms with Crippen LogP contribution in [0.2, 0.25) is 0 Å². The lowest BCUT2D eigenvalue weighted by Crippen LogP contribution is -2.36. The molecule has 0 radical (unpaired) electrons. The molecule has 1 aliphatic heterocycles. The number of carbonyl (C=O) groups excluding carboxylic acids is 2. The fraction of sp³-hybridized carbons (Fsp3) is 0.467. The molecule has 5 heteroatoms. The Morgan fingerprint density at radius 3 is 2.55 bits per heavy atom. The second-order valence-electron chi connectivity index (χ2n) is 5.08. The Hall–Kier alpha value is -1.55. The average Bonchev–Trinajstić information content (AvgIpc) is 2.55. The molecule has 0 saturated carbocycles. The Morgan fingerprint density at radius 1 is 1.30 bits per heavy atom. The summed E-state index contributed by atoms with van der Waals surface area (Å²) in [7, 11) is 0. The summed E-state index contributed by atoms with van der Waals surface area (Å²) in [6, 6.07) is 7.60. The summed E-state index contributed by atoms with van der Waals surface area (Å²) in [5, 5.41) is 0. The van der Waals surface area contributed by atoms with Crippen molar-refractivity contribution in [3.63, 3.8) is 0 Å². The number of alkyl halides is 1. The minimum Gasteiger partial charge on any atom is -0.310 e. The van der Waals surface area contributed by atoms with Gasteiger partial charge in [-0.3, -0.25) is 9.59 Å². The fourth-order valence-electron chi connectivity index (χ4n) is 2.52. The zero-order chi connectivity index (χ0) is 14.7. The number of para-hydroxylation sites is 2. The molecule has 20 heavy (non-hydrogen) atoms. The predicted octanol–water partition coefficient (Wildman–Crippen LogP) is 2.79. The monoisotopic (exact) mass is 294 g/mol. The lowest BCUT2D eigenvalue weighted by atomic mass is 10.2. The van der Waals surface area contributed by atoms with Crippen molar-refractivity contribution in [1.82, 2.24) is 0 Å². The van der Waals surface area contributed by atoms with Gasteiger partial charge in [0.15, 0.2) is 0 Å². The zero-order valence-corrected chi connectivity index (χ0v) is 12.6. The number of carbonyl (C=O) groups is 2. The van der Waals surface area contributed by atoms with Crippen LogP contribution in [-0.4, -0.2) is 30.3 Å². The molecule has 1 aromatic carbocycles. The van der Waals surface area contributed by atoms with Crippen LogP contribution < -0.4 is 9.80 Å². The highest BCUT2D eigenvalue weighted by Crippen LogP contribution is 2.34. The van der Waals surface area contributed by atoms with E-state index >= 15 is 0 Å². The molecular formula is C15H19ClN2O2. The molecular weight excluding hydrogens is 276 g/mol. The van der Waals surface area contributed by atoms with E-state index in [1.165, 1.54) is 0 Å². The van der Waals surface area contributed by atoms with Gasteiger partial charge in [0.1, 0.15) is 0 Å². The van der Waals surface area contributed by atoms with E-state index in [0.29, 0.717) is 18.8 Å². The van der Waals surface area contributed by atoms with Gasteiger partial charge >= 0.3 is 0 Å². The SMILES string of the molecule is CC(C)N1C(=O)CCN(C(=O)CCCl)c2ccccc21. The number of nitrogens with zero attached hydrogens (tertiary/aromatic N) is 2. The van der Waals surface area contributed by atoms with Crippen molar-refractivity contribution in [2.45, 2.75) is 32.7 Å². The van der Waals surface area contributed by atoms with Crippen LogP contribution in [0.25, 0.3) is 0 Å². The zero-order valence-electron chi connectivity index (χ0n) is 11.8. The van der Waals surface area contributed by atoms with Crippen LogP contribution >= 0.6 is 11.6 Å². The molecule has 108 valence electrons. The summed E-state index contributed by atoms with van der Waals surface area (Å²) in [6.45, 7) is 4.37. The van der Waals surface area contributed by atoms with Crippen LogP contribution in [0.1, 0.15) is 26.7 Å². The minimum atomic E-state index is -0.0362. The van der Waals surface area contributed by atoms with E-state index in [0.717, 1.165) is 11.4 Å². The molecule has 2 amide bonds. The lowest BCUT2D eigenvalue weighted by Gasteiger charge is -2.28. The van der Waals surface area contributed by atoms with Gasteiger partial charge in [0.05, 0.1) is 11.4 Å². The summed E-state index contributed by atoms with van der Waals surface area (Å²) >= 11 is 5.67. The van der Waals surface area contributed by atoms with E-state index in [1.54, 1.807) is 9.80 Å². The number of amides is 2. The molecule has 0 saturated heterocycles. The first-order valence-electron chi connectivity index (χ1n) is 6.83. The minimum absolute atomic E-state index is 0.0362. The van der Waals surface area contributed by atoms with Crippen molar-refractivity contribution < 1.29 is 9.59 Å². The van der Waals surface area contributed by atoms with Gasteiger partial charge in [0.2, 0.25) is 11.8 Å². The number of benzene rings is 1. The number of halogens is 1. The number of rotatable bonds is 3. The number of hydrogen-bond donors (Lipinski definition) is 0. The van der Waals surface area contributed by atoms with E-state index in [9.17, 15) is 9.59 Å². The van der Waals surface area contributed by atoms with Crippen molar-refractivity contribution in [2.75, 3.05) is 22.2 Å². The van der Waals surface area contributed by atoms with Gasteiger partial charge in [-0.25, -0.2) is 0 Å². The number of fused-ring (bicyclic) bond motifs is 1. The summed E-state index contributed by atoms with van der Waals surface area (Å²) in [5.41, 5.74) is 1.59. The van der Waals surface area contributed by atoms with Gasteiger partial charge in [-0.05, 0) is 26.0 Å². The van der Waals surface area contributed by atoms with Gasteiger partial charge in [-0.1, -0.05) is 12.1 Å². The molecule has 0 bridgehead atoms. The standard InChI is InChI=1S/C15H19ClN2O2/c1-11(2)18-13-6-4-3-5-12(13)17(10-8-15(18)20)14(19)7-9-16/h3-6,11H,7-10H2,1-2H3. The average molecular weight is 295 g/mol. The Morgan fingerprint density at radius 2 is 1.95 bits per heavy atom. The van der Waals surface area contributed by atoms with E-state index < -0.39 is 0 Å². The topological polar surface area (TPSA) is 40.6 Å². The fourth-order valence-corrected chi connectivity index (χ4v) is 2.68. The maximum atomic E-state index is 12.3. The van der Waals surface area contributed by atoms with E-state index in [4.69, 9.17) is 11.6 Å². The van der Waals surface area contributed by atoms with Gasteiger partial charge in [0, 0.05) is 31.3 Å². The Labute approximate surface area is 124 Å². The van der Waals surface area contributed by atoms with Crippen LogP contribution in [-0.2, 0) is 9.59 Å². The van der Waals surface area contributed by atoms with Crippen LogP contribution in [0.5, 0.6) is 0 Å². The van der Waals surface area contributed by atoms with E-state index in [2.05, 4.69) is 0 Å². The molecule has 1 heterocycles. The van der Waals surface area contributed by atoms with Crippen molar-refractivity contribution in [1.29, 1.82) is 0 Å². The third kappa shape index (κ3) is 2.80. The first kappa shape index (κ1) is 14.9. The highest BCUT2D eigenvalue weighted by atomic mass is 35.5. The number of anilines is 2. The third-order valence-corrected chi connectivity index (χ3v) is 3.56. The maximum Gasteiger partial charge on any atom is 0.229 e.